The minimum Gasteiger partial charge on any atom is -0.495 e. The summed E-state index contributed by atoms with van der Waals surface area (Å²) in [5.41, 5.74) is 0.370. The van der Waals surface area contributed by atoms with Gasteiger partial charge in [0.2, 0.25) is 0 Å². The summed E-state index contributed by atoms with van der Waals surface area (Å²) in [5, 5.41) is 8.60. The quantitative estimate of drug-likeness (QED) is 0.731. The standard InChI is InChI=1S/C9H9NO3S/c1-13-8-5-7(6-10)3-4-9(8)14(2,11)12/h3-5H,1-2H3. The van der Waals surface area contributed by atoms with Crippen LogP contribution in [0.5, 0.6) is 5.75 Å². The smallest absolute Gasteiger partial charge is 0.179 e. The summed E-state index contributed by atoms with van der Waals surface area (Å²) in [4.78, 5) is 0.0963. The third-order valence-electron chi connectivity index (χ3n) is 1.69. The van der Waals surface area contributed by atoms with Crippen LogP contribution in [-0.2, 0) is 9.84 Å². The molecule has 0 fully saturated rings. The zero-order valence-corrected chi connectivity index (χ0v) is 8.63. The fourth-order valence-electron chi connectivity index (χ4n) is 1.04. The average Bonchev–Trinajstić information content (AvgIpc) is 2.15. The average molecular weight is 211 g/mol. The molecule has 1 rings (SSSR count). The van der Waals surface area contributed by atoms with E-state index in [1.807, 2.05) is 6.07 Å². The van der Waals surface area contributed by atoms with Gasteiger partial charge in [-0.15, -0.1) is 0 Å². The fraction of sp³-hybridized carbons (Fsp3) is 0.222. The summed E-state index contributed by atoms with van der Waals surface area (Å²) >= 11 is 0. The molecule has 0 aliphatic rings. The Bertz CT molecular complexity index is 485. The van der Waals surface area contributed by atoms with Gasteiger partial charge in [0.15, 0.2) is 9.84 Å². The van der Waals surface area contributed by atoms with E-state index < -0.39 is 9.84 Å². The van der Waals surface area contributed by atoms with Gasteiger partial charge in [0, 0.05) is 6.26 Å². The van der Waals surface area contributed by atoms with Gasteiger partial charge in [-0.3, -0.25) is 0 Å². The summed E-state index contributed by atoms with van der Waals surface area (Å²) in [6.07, 6.45) is 1.09. The first-order chi connectivity index (χ1) is 6.49. The summed E-state index contributed by atoms with van der Waals surface area (Å²) in [6.45, 7) is 0. The molecule has 74 valence electrons. The molecule has 0 unspecified atom stereocenters. The van der Waals surface area contributed by atoms with Crippen LogP contribution in [0, 0.1) is 11.3 Å². The van der Waals surface area contributed by atoms with Crippen molar-refractivity contribution in [3.05, 3.63) is 23.8 Å². The number of sulfone groups is 1. The van der Waals surface area contributed by atoms with Crippen molar-refractivity contribution in [3.63, 3.8) is 0 Å². The first kappa shape index (κ1) is 10.5. The lowest BCUT2D eigenvalue weighted by atomic mass is 10.2. The highest BCUT2D eigenvalue weighted by Gasteiger charge is 2.14. The molecule has 0 bridgehead atoms. The van der Waals surface area contributed by atoms with E-state index in [2.05, 4.69) is 0 Å². The molecule has 0 aliphatic carbocycles. The van der Waals surface area contributed by atoms with Crippen molar-refractivity contribution in [1.82, 2.24) is 0 Å². The Morgan fingerprint density at radius 3 is 2.50 bits per heavy atom. The van der Waals surface area contributed by atoms with Gasteiger partial charge in [0.25, 0.3) is 0 Å². The predicted molar refractivity (Wildman–Crippen MR) is 50.8 cm³/mol. The highest BCUT2D eigenvalue weighted by atomic mass is 32.2. The third kappa shape index (κ3) is 2.03. The van der Waals surface area contributed by atoms with Gasteiger partial charge in [0.1, 0.15) is 10.6 Å². The number of rotatable bonds is 2. The van der Waals surface area contributed by atoms with Crippen molar-refractivity contribution in [2.45, 2.75) is 4.90 Å². The van der Waals surface area contributed by atoms with Gasteiger partial charge in [0.05, 0.1) is 18.7 Å². The van der Waals surface area contributed by atoms with E-state index in [-0.39, 0.29) is 10.6 Å². The van der Waals surface area contributed by atoms with Crippen LogP contribution in [0.4, 0.5) is 0 Å². The molecule has 0 aromatic heterocycles. The van der Waals surface area contributed by atoms with Gasteiger partial charge in [-0.25, -0.2) is 8.42 Å². The lowest BCUT2D eigenvalue weighted by molar-refractivity contribution is 0.403. The molecule has 4 nitrogen and oxygen atoms in total. The number of nitrogens with zero attached hydrogens (tertiary/aromatic N) is 1. The lowest BCUT2D eigenvalue weighted by Gasteiger charge is -2.05. The number of hydrogen-bond acceptors (Lipinski definition) is 4. The number of ether oxygens (including phenoxy) is 1. The minimum atomic E-state index is -3.30. The molecular weight excluding hydrogens is 202 g/mol. The molecule has 5 heteroatoms. The van der Waals surface area contributed by atoms with Crippen LogP contribution in [-0.4, -0.2) is 21.8 Å². The molecule has 14 heavy (non-hydrogen) atoms. The largest absolute Gasteiger partial charge is 0.495 e. The van der Waals surface area contributed by atoms with Crippen molar-refractivity contribution in [3.8, 4) is 11.8 Å². The third-order valence-corrected chi connectivity index (χ3v) is 2.83. The molecule has 0 saturated heterocycles. The summed E-state index contributed by atoms with van der Waals surface area (Å²) in [6, 6.07) is 6.12. The van der Waals surface area contributed by atoms with Gasteiger partial charge in [-0.05, 0) is 18.2 Å². The van der Waals surface area contributed by atoms with Crippen LogP contribution in [0.2, 0.25) is 0 Å². The monoisotopic (exact) mass is 211 g/mol. The molecule has 0 amide bonds. The number of benzene rings is 1. The van der Waals surface area contributed by atoms with Gasteiger partial charge in [-0.2, -0.15) is 5.26 Å². The summed E-state index contributed by atoms with van der Waals surface area (Å²) in [7, 11) is -1.94. The molecule has 1 aromatic rings. The topological polar surface area (TPSA) is 67.2 Å². The lowest BCUT2D eigenvalue weighted by Crippen LogP contribution is -2.00. The Kier molecular flexibility index (Phi) is 2.77. The first-order valence-electron chi connectivity index (χ1n) is 3.77. The highest BCUT2D eigenvalue weighted by molar-refractivity contribution is 7.90. The predicted octanol–water partition coefficient (Wildman–Crippen LogP) is 0.970. The van der Waals surface area contributed by atoms with E-state index in [1.54, 1.807) is 0 Å². The molecule has 0 aliphatic heterocycles. The maximum atomic E-state index is 11.2. The van der Waals surface area contributed by atoms with Gasteiger partial charge in [-0.1, -0.05) is 0 Å². The van der Waals surface area contributed by atoms with Crippen LogP contribution in [0.3, 0.4) is 0 Å². The zero-order chi connectivity index (χ0) is 10.8. The maximum absolute atomic E-state index is 11.2. The van der Waals surface area contributed by atoms with Gasteiger partial charge < -0.3 is 4.74 Å². The normalized spacial score (nSPS) is 10.6. The SMILES string of the molecule is COc1cc(C#N)ccc1S(C)(=O)=O. The molecule has 0 saturated carbocycles. The van der Waals surface area contributed by atoms with Crippen molar-refractivity contribution < 1.29 is 13.2 Å². The summed E-state index contributed by atoms with van der Waals surface area (Å²) < 4.78 is 27.4. The highest BCUT2D eigenvalue weighted by Crippen LogP contribution is 2.24. The van der Waals surface area contributed by atoms with Crippen molar-refractivity contribution in [1.29, 1.82) is 5.26 Å². The van der Waals surface area contributed by atoms with E-state index in [1.165, 1.54) is 25.3 Å². The van der Waals surface area contributed by atoms with Crippen LogP contribution < -0.4 is 4.74 Å². The van der Waals surface area contributed by atoms with Crippen LogP contribution >= 0.6 is 0 Å². The number of hydrogen-bond donors (Lipinski definition) is 0. The molecule has 0 N–H and O–H groups in total. The maximum Gasteiger partial charge on any atom is 0.179 e. The van der Waals surface area contributed by atoms with Crippen molar-refractivity contribution in [2.75, 3.05) is 13.4 Å². The second kappa shape index (κ2) is 3.68. The number of methoxy groups -OCH3 is 1. The van der Waals surface area contributed by atoms with Crippen LogP contribution in [0.15, 0.2) is 23.1 Å². The van der Waals surface area contributed by atoms with E-state index in [9.17, 15) is 8.42 Å². The van der Waals surface area contributed by atoms with Crippen LogP contribution in [0.1, 0.15) is 5.56 Å². The Balaban J connectivity index is 3.42. The molecule has 0 heterocycles. The second-order valence-electron chi connectivity index (χ2n) is 2.75. The Morgan fingerprint density at radius 1 is 1.43 bits per heavy atom. The molecular formula is C9H9NO3S. The molecule has 0 radical (unpaired) electrons. The fourth-order valence-corrected chi connectivity index (χ4v) is 1.87. The minimum absolute atomic E-state index is 0.0963. The van der Waals surface area contributed by atoms with Crippen LogP contribution in [0.25, 0.3) is 0 Å². The first-order valence-corrected chi connectivity index (χ1v) is 5.66. The Hall–Kier alpha value is -1.54. The zero-order valence-electron chi connectivity index (χ0n) is 7.81. The van der Waals surface area contributed by atoms with Crippen molar-refractivity contribution >= 4 is 9.84 Å². The van der Waals surface area contributed by atoms with E-state index in [4.69, 9.17) is 10.00 Å². The molecule has 0 spiro atoms. The van der Waals surface area contributed by atoms with Crippen molar-refractivity contribution in [2.24, 2.45) is 0 Å². The Labute approximate surface area is 82.7 Å². The van der Waals surface area contributed by atoms with E-state index in [0.717, 1.165) is 6.26 Å². The van der Waals surface area contributed by atoms with E-state index >= 15 is 0 Å². The van der Waals surface area contributed by atoms with E-state index in [0.29, 0.717) is 5.56 Å². The number of nitriles is 1. The Morgan fingerprint density at radius 2 is 2.07 bits per heavy atom. The second-order valence-corrected chi connectivity index (χ2v) is 4.73. The molecule has 1 aromatic carbocycles. The van der Waals surface area contributed by atoms with Gasteiger partial charge >= 0.3 is 0 Å². The summed E-state index contributed by atoms with van der Waals surface area (Å²) in [5.74, 6) is 0.201. The molecule has 0 atom stereocenters.